The number of anilines is 1. The van der Waals surface area contributed by atoms with Gasteiger partial charge in [-0.3, -0.25) is 9.78 Å². The minimum Gasteiger partial charge on any atom is -0.368 e. The molecule has 202 valence electrons. The number of thiazole rings is 1. The van der Waals surface area contributed by atoms with Gasteiger partial charge in [-0.05, 0) is 37.1 Å². The summed E-state index contributed by atoms with van der Waals surface area (Å²) in [5.74, 6) is 0.0407. The average molecular weight is 561 g/mol. The Morgan fingerprint density at radius 3 is 2.79 bits per heavy atom. The van der Waals surface area contributed by atoms with Gasteiger partial charge in [0.25, 0.3) is 0 Å². The van der Waals surface area contributed by atoms with Crippen LogP contribution in [0.5, 0.6) is 0 Å². The third-order valence-corrected chi connectivity index (χ3v) is 9.27. The van der Waals surface area contributed by atoms with Gasteiger partial charge in [0.15, 0.2) is 0 Å². The highest BCUT2D eigenvalue weighted by Crippen LogP contribution is 2.43. The highest BCUT2D eigenvalue weighted by atomic mass is 32.2. The number of hydrogen-bond donors (Lipinski definition) is 3. The maximum Gasteiger partial charge on any atom is 0.238 e. The molecule has 1 amide bonds. The third kappa shape index (κ3) is 5.82. The van der Waals surface area contributed by atoms with Crippen molar-refractivity contribution in [3.05, 3.63) is 53.0 Å². The van der Waals surface area contributed by atoms with E-state index in [-0.39, 0.29) is 30.2 Å². The Kier molecular flexibility index (Phi) is 7.66. The zero-order chi connectivity index (χ0) is 26.8. The van der Waals surface area contributed by atoms with E-state index in [2.05, 4.69) is 36.1 Å². The normalized spacial score (nSPS) is 19.5. The van der Waals surface area contributed by atoms with Gasteiger partial charge in [0.2, 0.25) is 15.9 Å². The monoisotopic (exact) mass is 560 g/mol. The first-order valence-electron chi connectivity index (χ1n) is 12.3. The zero-order valence-electron chi connectivity index (χ0n) is 20.9. The van der Waals surface area contributed by atoms with Crippen molar-refractivity contribution >= 4 is 33.1 Å². The second kappa shape index (κ2) is 11.0. The van der Waals surface area contributed by atoms with E-state index < -0.39 is 16.1 Å². The molecule has 1 saturated carbocycles. The summed E-state index contributed by atoms with van der Waals surface area (Å²) < 4.78 is 39.2. The van der Waals surface area contributed by atoms with E-state index in [0.29, 0.717) is 41.8 Å². The maximum atomic E-state index is 14.4. The van der Waals surface area contributed by atoms with Crippen LogP contribution in [0.4, 0.5) is 10.2 Å². The summed E-state index contributed by atoms with van der Waals surface area (Å²) in [6.45, 7) is 1.66. The van der Waals surface area contributed by atoms with Gasteiger partial charge in [0.05, 0.1) is 18.5 Å². The number of sulfonamides is 1. The lowest BCUT2D eigenvalue weighted by atomic mass is 9.66. The van der Waals surface area contributed by atoms with Crippen LogP contribution in [0.25, 0.3) is 10.7 Å². The predicted molar refractivity (Wildman–Crippen MR) is 141 cm³/mol. The molecule has 0 bridgehead atoms. The summed E-state index contributed by atoms with van der Waals surface area (Å²) in [6.07, 6.45) is 7.21. The van der Waals surface area contributed by atoms with Crippen LogP contribution in [0.3, 0.4) is 0 Å². The van der Waals surface area contributed by atoms with Crippen LogP contribution >= 0.6 is 11.3 Å². The fraction of sp³-hybridized carbons (Fsp3) is 0.458. The van der Waals surface area contributed by atoms with E-state index in [1.165, 1.54) is 21.7 Å². The number of nitrogens with zero attached hydrogens (tertiary/aromatic N) is 5. The molecular formula is C24H29FN8O3S2. The number of piperazine rings is 1. The molecule has 1 aliphatic heterocycles. The number of pyridine rings is 1. The molecule has 3 N–H and O–H groups in total. The Morgan fingerprint density at radius 1 is 1.26 bits per heavy atom. The van der Waals surface area contributed by atoms with Gasteiger partial charge < -0.3 is 16.0 Å². The molecule has 3 aromatic heterocycles. The summed E-state index contributed by atoms with van der Waals surface area (Å²) in [4.78, 5) is 22.1. The highest BCUT2D eigenvalue weighted by molar-refractivity contribution is 7.88. The summed E-state index contributed by atoms with van der Waals surface area (Å²) in [5, 5.41) is 18.4. The van der Waals surface area contributed by atoms with Crippen LogP contribution in [0, 0.1) is 5.82 Å². The smallest absolute Gasteiger partial charge is 0.238 e. The van der Waals surface area contributed by atoms with Crippen molar-refractivity contribution < 1.29 is 17.6 Å². The van der Waals surface area contributed by atoms with E-state index >= 15 is 0 Å². The lowest BCUT2D eigenvalue weighted by Gasteiger charge is -2.41. The molecule has 1 aliphatic carbocycles. The van der Waals surface area contributed by atoms with Crippen LogP contribution in [0.15, 0.2) is 36.7 Å². The molecule has 1 unspecified atom stereocenters. The molecule has 14 heteroatoms. The van der Waals surface area contributed by atoms with Gasteiger partial charge in [-0.15, -0.1) is 21.5 Å². The van der Waals surface area contributed by atoms with Gasteiger partial charge in [-0.25, -0.2) is 17.8 Å². The molecule has 2 fully saturated rings. The maximum absolute atomic E-state index is 14.4. The lowest BCUT2D eigenvalue weighted by molar-refractivity contribution is -0.123. The number of rotatable bonds is 9. The van der Waals surface area contributed by atoms with Crippen molar-refractivity contribution in [2.45, 2.75) is 37.3 Å². The van der Waals surface area contributed by atoms with E-state index in [1.807, 2.05) is 12.1 Å². The highest BCUT2D eigenvalue weighted by Gasteiger charge is 2.41. The number of aromatic nitrogens is 4. The van der Waals surface area contributed by atoms with E-state index in [9.17, 15) is 17.6 Å². The van der Waals surface area contributed by atoms with Crippen molar-refractivity contribution in [1.29, 1.82) is 0 Å². The first kappa shape index (κ1) is 26.5. The van der Waals surface area contributed by atoms with Gasteiger partial charge in [-0.1, -0.05) is 6.42 Å². The molecule has 1 saturated heterocycles. The van der Waals surface area contributed by atoms with Crippen molar-refractivity contribution in [2.75, 3.05) is 37.8 Å². The van der Waals surface area contributed by atoms with Crippen LogP contribution in [0.2, 0.25) is 0 Å². The molecule has 3 aromatic rings. The van der Waals surface area contributed by atoms with Crippen LogP contribution in [0.1, 0.15) is 29.8 Å². The number of carbonyl (C=O) groups excluding carboxylic acids is 1. The number of amides is 1. The van der Waals surface area contributed by atoms with E-state index in [0.717, 1.165) is 30.4 Å². The molecule has 0 radical (unpaired) electrons. The molecule has 4 heterocycles. The molecule has 38 heavy (non-hydrogen) atoms. The Morgan fingerprint density at radius 2 is 2.11 bits per heavy atom. The Hall–Kier alpha value is -3.07. The molecule has 0 aromatic carbocycles. The second-order valence-corrected chi connectivity index (χ2v) is 12.7. The first-order valence-corrected chi connectivity index (χ1v) is 15.0. The lowest BCUT2D eigenvalue weighted by Crippen LogP contribution is -2.57. The number of carbonyl (C=O) groups is 1. The van der Waals surface area contributed by atoms with Gasteiger partial charge >= 0.3 is 0 Å². The molecule has 5 rings (SSSR count). The quantitative estimate of drug-likeness (QED) is 0.355. The standard InChI is InChI=1S/C24H29FN8O3S2/c1-38(35,36)33-11-10-26-19(14-33)22(34)28-12-16-13-29-23(37-16)18-5-6-20(32-31-18)30-15-24(7-3-8-24)21-17(25)4-2-9-27-21/h2,4-6,9,13,19,26H,3,7-8,10-12,14-15H2,1H3,(H,28,34)(H,30,32). The third-order valence-electron chi connectivity index (χ3n) is 6.98. The predicted octanol–water partition coefficient (Wildman–Crippen LogP) is 1.52. The minimum absolute atomic E-state index is 0.104. The topological polar surface area (TPSA) is 142 Å². The van der Waals surface area contributed by atoms with E-state index in [1.54, 1.807) is 18.5 Å². The largest absolute Gasteiger partial charge is 0.368 e. The average Bonchev–Trinajstić information content (AvgIpc) is 3.37. The SMILES string of the molecule is CS(=O)(=O)N1CCNC(C(=O)NCc2cnc(-c3ccc(NCC4(c5ncccc5F)CCC4)nn3)s2)C1. The number of halogens is 1. The minimum atomic E-state index is -3.34. The van der Waals surface area contributed by atoms with E-state index in [4.69, 9.17) is 0 Å². The Labute approximate surface area is 224 Å². The first-order chi connectivity index (χ1) is 18.2. The van der Waals surface area contributed by atoms with Crippen molar-refractivity contribution in [3.63, 3.8) is 0 Å². The summed E-state index contributed by atoms with van der Waals surface area (Å²) in [7, 11) is -3.34. The summed E-state index contributed by atoms with van der Waals surface area (Å²) >= 11 is 1.39. The number of nitrogens with one attached hydrogen (secondary N) is 3. The van der Waals surface area contributed by atoms with Crippen molar-refractivity contribution in [2.24, 2.45) is 0 Å². The molecule has 0 spiro atoms. The van der Waals surface area contributed by atoms with Crippen LogP contribution in [-0.2, 0) is 26.8 Å². The fourth-order valence-corrected chi connectivity index (χ4v) is 6.34. The van der Waals surface area contributed by atoms with Crippen molar-refractivity contribution in [3.8, 4) is 10.7 Å². The molecule has 11 nitrogen and oxygen atoms in total. The van der Waals surface area contributed by atoms with Crippen LogP contribution in [-0.4, -0.2) is 77.3 Å². The zero-order valence-corrected chi connectivity index (χ0v) is 22.5. The second-order valence-electron chi connectivity index (χ2n) is 9.60. The fourth-order valence-electron chi connectivity index (χ4n) is 4.68. The van der Waals surface area contributed by atoms with Crippen LogP contribution < -0.4 is 16.0 Å². The molecular weight excluding hydrogens is 531 g/mol. The van der Waals surface area contributed by atoms with Crippen molar-refractivity contribution in [1.82, 2.24) is 35.1 Å². The van der Waals surface area contributed by atoms with Gasteiger partial charge in [0.1, 0.15) is 28.4 Å². The summed E-state index contributed by atoms with van der Waals surface area (Å²) in [5.41, 5.74) is 0.763. The Balaban J connectivity index is 1.15. The summed E-state index contributed by atoms with van der Waals surface area (Å²) in [6, 6.07) is 6.07. The number of hydrogen-bond acceptors (Lipinski definition) is 10. The Bertz CT molecular complexity index is 1400. The van der Waals surface area contributed by atoms with Gasteiger partial charge in [-0.2, -0.15) is 4.31 Å². The molecule has 1 atom stereocenters. The van der Waals surface area contributed by atoms with Gasteiger partial charge in [0, 0.05) is 48.9 Å². The molecule has 2 aliphatic rings.